The summed E-state index contributed by atoms with van der Waals surface area (Å²) in [5.41, 5.74) is 2.98. The average molecular weight is 484 g/mol. The third-order valence-electron chi connectivity index (χ3n) is 6.58. The van der Waals surface area contributed by atoms with Crippen molar-refractivity contribution < 1.29 is 18.8 Å². The monoisotopic (exact) mass is 483 g/mol. The molecule has 184 valence electrons. The minimum atomic E-state index is -1.20. The molecular weight excluding hydrogens is 446 g/mol. The van der Waals surface area contributed by atoms with Gasteiger partial charge in [-0.25, -0.2) is 4.79 Å². The van der Waals surface area contributed by atoms with Crippen molar-refractivity contribution in [1.82, 2.24) is 0 Å². The van der Waals surface area contributed by atoms with Crippen molar-refractivity contribution in [3.8, 4) is 5.75 Å². The van der Waals surface area contributed by atoms with Crippen LogP contribution in [0.25, 0.3) is 0 Å². The number of benzene rings is 2. The normalized spacial score (nSPS) is 17.4. The number of anilines is 2. The molecule has 5 nitrogen and oxygen atoms in total. The van der Waals surface area contributed by atoms with Crippen LogP contribution in [-0.4, -0.2) is 27.6 Å². The van der Waals surface area contributed by atoms with Gasteiger partial charge >= 0.3 is 5.97 Å². The molecule has 6 heteroatoms. The lowest BCUT2D eigenvalue weighted by atomic mass is 9.79. The van der Waals surface area contributed by atoms with Crippen LogP contribution in [0.3, 0.4) is 0 Å². The minimum Gasteiger partial charge on any atom is -0.478 e. The summed E-state index contributed by atoms with van der Waals surface area (Å²) in [6.45, 7) is 7.31. The number of hydrogen-bond donors (Lipinski definition) is 1. The van der Waals surface area contributed by atoms with E-state index in [1.165, 1.54) is 6.26 Å². The molecular formula is C28H37NO4S. The van der Waals surface area contributed by atoms with Crippen LogP contribution in [0.4, 0.5) is 11.4 Å². The second-order valence-corrected chi connectivity index (χ2v) is 10.6. The molecule has 1 aliphatic heterocycles. The Morgan fingerprint density at radius 1 is 1.12 bits per heavy atom. The predicted molar refractivity (Wildman–Crippen MR) is 139 cm³/mol. The van der Waals surface area contributed by atoms with Crippen molar-refractivity contribution in [2.45, 2.75) is 70.6 Å². The molecule has 0 fully saturated rings. The van der Waals surface area contributed by atoms with Gasteiger partial charge < -0.3 is 14.7 Å². The summed E-state index contributed by atoms with van der Waals surface area (Å²) in [4.78, 5) is 14.0. The first-order valence-corrected chi connectivity index (χ1v) is 13.7. The van der Waals surface area contributed by atoms with Gasteiger partial charge in [-0.3, -0.25) is 4.21 Å². The smallest absolute Gasteiger partial charge is 0.331 e. The van der Waals surface area contributed by atoms with Gasteiger partial charge in [-0.15, -0.1) is 0 Å². The van der Waals surface area contributed by atoms with Crippen LogP contribution in [0.1, 0.15) is 64.9 Å². The van der Waals surface area contributed by atoms with E-state index < -0.39 is 16.8 Å². The molecule has 0 amide bonds. The summed E-state index contributed by atoms with van der Waals surface area (Å²) >= 11 is 0. The molecule has 1 unspecified atom stereocenters. The summed E-state index contributed by atoms with van der Waals surface area (Å²) in [5.74, 6) is 0.122. The van der Waals surface area contributed by atoms with Gasteiger partial charge in [-0.2, -0.15) is 0 Å². The summed E-state index contributed by atoms with van der Waals surface area (Å²) in [6.07, 6.45) is 9.46. The van der Waals surface area contributed by atoms with Crippen molar-refractivity contribution in [2.24, 2.45) is 5.41 Å². The molecule has 34 heavy (non-hydrogen) atoms. The second kappa shape index (κ2) is 12.2. The Labute approximate surface area is 206 Å². The molecule has 0 saturated carbocycles. The lowest BCUT2D eigenvalue weighted by Crippen LogP contribution is -2.37. The fourth-order valence-electron chi connectivity index (χ4n) is 4.73. The van der Waals surface area contributed by atoms with E-state index in [-0.39, 0.29) is 5.41 Å². The Morgan fingerprint density at radius 2 is 1.79 bits per heavy atom. The van der Waals surface area contributed by atoms with Gasteiger partial charge in [-0.1, -0.05) is 64.7 Å². The minimum absolute atomic E-state index is 0.0393. The fraction of sp³-hybridized carbons (Fsp3) is 0.464. The predicted octanol–water partition coefficient (Wildman–Crippen LogP) is 6.85. The van der Waals surface area contributed by atoms with E-state index in [1.807, 2.05) is 31.2 Å². The molecule has 3 rings (SSSR count). The molecule has 1 aliphatic rings. The van der Waals surface area contributed by atoms with Crippen LogP contribution < -0.4 is 9.64 Å². The third-order valence-corrected chi connectivity index (χ3v) is 8.28. The maximum absolute atomic E-state index is 13.9. The standard InChI is InChI=1S/C28H37NO4S/c1-4-7-15-28(16-8-5-2)20-29(23-12-10-9-11-13-23)24-18-22(6-3)25(33-17-14-27(30)31)19-26(24)34(32)21-28/h9-14,17-19H,4-8,15-16,20-21H2,1-3H3,(H,30,31)/b17-14+. The van der Waals surface area contributed by atoms with E-state index in [2.05, 4.69) is 36.9 Å². The molecule has 0 saturated heterocycles. The zero-order valence-corrected chi connectivity index (χ0v) is 21.4. The molecule has 0 aromatic heterocycles. The van der Waals surface area contributed by atoms with Crippen LogP contribution in [0, 0.1) is 5.41 Å². The Kier molecular flexibility index (Phi) is 9.34. The van der Waals surface area contributed by atoms with Crippen molar-refractivity contribution in [3.63, 3.8) is 0 Å². The van der Waals surface area contributed by atoms with Crippen LogP contribution in [0.15, 0.2) is 59.7 Å². The van der Waals surface area contributed by atoms with Gasteiger partial charge in [0.05, 0.1) is 33.7 Å². The SMILES string of the molecule is CCCCC1(CCCC)CN(c2ccccc2)c2cc(CC)c(O/C=C/C(=O)O)cc2S(=O)C1. The highest BCUT2D eigenvalue weighted by atomic mass is 32.2. The zero-order chi connectivity index (χ0) is 24.6. The van der Waals surface area contributed by atoms with Crippen LogP contribution in [-0.2, 0) is 22.0 Å². The molecule has 0 bridgehead atoms. The number of carbonyl (C=O) groups is 1. The van der Waals surface area contributed by atoms with Crippen molar-refractivity contribution in [1.29, 1.82) is 0 Å². The van der Waals surface area contributed by atoms with Crippen LogP contribution in [0.5, 0.6) is 5.75 Å². The molecule has 0 radical (unpaired) electrons. The number of para-hydroxylation sites is 1. The maximum Gasteiger partial charge on any atom is 0.331 e. The number of carboxylic acids is 1. The average Bonchev–Trinajstić information content (AvgIpc) is 2.96. The third kappa shape index (κ3) is 6.29. The first-order chi connectivity index (χ1) is 16.4. The highest BCUT2D eigenvalue weighted by Crippen LogP contribution is 2.45. The summed E-state index contributed by atoms with van der Waals surface area (Å²) in [6, 6.07) is 14.3. The van der Waals surface area contributed by atoms with Gasteiger partial charge in [-0.05, 0) is 49.1 Å². The second-order valence-electron chi connectivity index (χ2n) is 9.16. The summed E-state index contributed by atoms with van der Waals surface area (Å²) in [5, 5.41) is 8.93. The lowest BCUT2D eigenvalue weighted by molar-refractivity contribution is -0.131. The quantitative estimate of drug-likeness (QED) is 0.280. The number of aryl methyl sites for hydroxylation is 1. The first kappa shape index (κ1) is 26.0. The van der Waals surface area contributed by atoms with Crippen LogP contribution in [0.2, 0.25) is 0 Å². The first-order valence-electron chi connectivity index (χ1n) is 12.4. The van der Waals surface area contributed by atoms with E-state index in [0.29, 0.717) is 11.5 Å². The Morgan fingerprint density at radius 3 is 2.38 bits per heavy atom. The number of carboxylic acid groups (broad SMARTS) is 1. The number of unbranched alkanes of at least 4 members (excludes halogenated alkanes) is 2. The molecule has 0 spiro atoms. The number of nitrogens with zero attached hydrogens (tertiary/aromatic N) is 1. The number of ether oxygens (including phenoxy) is 1. The number of fused-ring (bicyclic) bond motifs is 1. The summed E-state index contributed by atoms with van der Waals surface area (Å²) < 4.78 is 19.6. The summed E-state index contributed by atoms with van der Waals surface area (Å²) in [7, 11) is -1.20. The van der Waals surface area contributed by atoms with Gasteiger partial charge in [0.15, 0.2) is 0 Å². The molecule has 0 aliphatic carbocycles. The van der Waals surface area contributed by atoms with Gasteiger partial charge in [0.2, 0.25) is 0 Å². The number of rotatable bonds is 11. The van der Waals surface area contributed by atoms with E-state index in [1.54, 1.807) is 0 Å². The molecule has 1 N–H and O–H groups in total. The van der Waals surface area contributed by atoms with Gasteiger partial charge in [0.1, 0.15) is 5.75 Å². The van der Waals surface area contributed by atoms with E-state index in [9.17, 15) is 9.00 Å². The maximum atomic E-state index is 13.9. The lowest BCUT2D eigenvalue weighted by Gasteiger charge is -2.37. The molecule has 1 atom stereocenters. The Bertz CT molecular complexity index is 1010. The van der Waals surface area contributed by atoms with E-state index in [0.717, 1.165) is 79.4 Å². The molecule has 2 aromatic rings. The Hall–Kier alpha value is -2.60. The highest BCUT2D eigenvalue weighted by molar-refractivity contribution is 7.85. The van der Waals surface area contributed by atoms with Crippen molar-refractivity contribution in [3.05, 3.63) is 60.4 Å². The van der Waals surface area contributed by atoms with Crippen molar-refractivity contribution >= 4 is 28.1 Å². The molecule has 2 aromatic carbocycles. The number of hydrogen-bond acceptors (Lipinski definition) is 4. The van der Waals surface area contributed by atoms with E-state index >= 15 is 0 Å². The Balaban J connectivity index is 2.15. The van der Waals surface area contributed by atoms with E-state index in [4.69, 9.17) is 9.84 Å². The highest BCUT2D eigenvalue weighted by Gasteiger charge is 2.39. The fourth-order valence-corrected chi connectivity index (χ4v) is 6.46. The largest absolute Gasteiger partial charge is 0.478 e. The van der Waals surface area contributed by atoms with Gasteiger partial charge in [0, 0.05) is 23.4 Å². The van der Waals surface area contributed by atoms with Crippen molar-refractivity contribution in [2.75, 3.05) is 17.2 Å². The zero-order valence-electron chi connectivity index (χ0n) is 20.6. The molecule has 1 heterocycles. The topological polar surface area (TPSA) is 66.8 Å². The van der Waals surface area contributed by atoms with Gasteiger partial charge in [0.25, 0.3) is 0 Å². The van der Waals surface area contributed by atoms with Crippen LogP contribution >= 0.6 is 0 Å². The number of aliphatic carboxylic acids is 1.